The van der Waals surface area contributed by atoms with Crippen LogP contribution >= 0.6 is 11.6 Å². The van der Waals surface area contributed by atoms with Gasteiger partial charge in [-0.15, -0.1) is 0 Å². The van der Waals surface area contributed by atoms with Crippen molar-refractivity contribution in [1.29, 1.82) is 0 Å². The molecular formula is C28H27ClN2O3Se. The number of fused-ring (bicyclic) bond motifs is 4. The van der Waals surface area contributed by atoms with E-state index in [0.717, 1.165) is 61.1 Å². The monoisotopic (exact) mass is 554 g/mol. The zero-order valence-corrected chi connectivity index (χ0v) is 22.0. The topological polar surface area (TPSA) is 69.6 Å². The molecule has 0 aliphatic carbocycles. The van der Waals surface area contributed by atoms with Gasteiger partial charge in [0.05, 0.1) is 0 Å². The van der Waals surface area contributed by atoms with Gasteiger partial charge in [0, 0.05) is 0 Å². The number of amides is 2. The van der Waals surface area contributed by atoms with Gasteiger partial charge < -0.3 is 0 Å². The molecule has 5 rings (SSSR count). The molecule has 0 unspecified atom stereocenters. The minimum absolute atomic E-state index is 0.00696. The van der Waals surface area contributed by atoms with E-state index in [1.807, 2.05) is 48.5 Å². The first-order valence-corrected chi connectivity index (χ1v) is 14.2. The maximum absolute atomic E-state index is 13.7. The first-order valence-electron chi connectivity index (χ1n) is 12.0. The third-order valence-corrected chi connectivity index (χ3v) is 9.28. The van der Waals surface area contributed by atoms with Crippen LogP contribution in [0.4, 0.5) is 11.4 Å². The summed E-state index contributed by atoms with van der Waals surface area (Å²) in [6, 6.07) is 17.2. The Morgan fingerprint density at radius 3 is 2.69 bits per heavy atom. The van der Waals surface area contributed by atoms with E-state index in [4.69, 9.17) is 11.6 Å². The van der Waals surface area contributed by atoms with E-state index in [1.165, 1.54) is 0 Å². The number of benzene rings is 3. The molecule has 35 heavy (non-hydrogen) atoms. The molecule has 2 N–H and O–H groups in total. The fourth-order valence-corrected chi connectivity index (χ4v) is 7.20. The molecule has 0 fully saturated rings. The molecule has 1 aliphatic rings. The van der Waals surface area contributed by atoms with Crippen LogP contribution in [0, 0.1) is 0 Å². The number of phenolic OH excluding ortho intramolecular Hbond substituents is 1. The Hall–Kier alpha value is -2.79. The number of alkyl halides is 1. The number of nitrogens with one attached hydrogen (secondary N) is 1. The second kappa shape index (κ2) is 10.1. The zero-order chi connectivity index (χ0) is 24.5. The number of carbonyl (C=O) groups is 2. The first-order chi connectivity index (χ1) is 17.0. The summed E-state index contributed by atoms with van der Waals surface area (Å²) in [5.74, 6) is 0.551. The number of unbranched alkanes of at least 4 members (excludes halogenated alkanes) is 2. The van der Waals surface area contributed by atoms with Crippen molar-refractivity contribution in [2.75, 3.05) is 22.6 Å². The average Bonchev–Trinajstić information content (AvgIpc) is 3.45. The molecule has 0 bridgehead atoms. The van der Waals surface area contributed by atoms with Crippen molar-refractivity contribution in [1.82, 2.24) is 0 Å². The molecule has 0 radical (unpaired) electrons. The van der Waals surface area contributed by atoms with Crippen molar-refractivity contribution in [3.8, 4) is 5.75 Å². The van der Waals surface area contributed by atoms with Crippen molar-refractivity contribution in [2.45, 2.75) is 38.5 Å². The molecule has 180 valence electrons. The number of hydrogen-bond donors (Lipinski definition) is 2. The number of halogens is 1. The minimum atomic E-state index is -0.131. The van der Waals surface area contributed by atoms with Gasteiger partial charge in [0.25, 0.3) is 0 Å². The molecule has 0 saturated heterocycles. The van der Waals surface area contributed by atoms with Crippen molar-refractivity contribution >= 4 is 69.7 Å². The van der Waals surface area contributed by atoms with Gasteiger partial charge in [-0.05, 0) is 0 Å². The molecule has 1 atom stereocenters. The van der Waals surface area contributed by atoms with Crippen LogP contribution in [0.5, 0.6) is 5.75 Å². The van der Waals surface area contributed by atoms with E-state index in [9.17, 15) is 14.7 Å². The van der Waals surface area contributed by atoms with Crippen molar-refractivity contribution in [3.05, 3.63) is 64.6 Å². The van der Waals surface area contributed by atoms with Gasteiger partial charge in [-0.25, -0.2) is 0 Å². The summed E-state index contributed by atoms with van der Waals surface area (Å²) >= 11 is 6.20. The predicted molar refractivity (Wildman–Crippen MR) is 144 cm³/mol. The second-order valence-corrected chi connectivity index (χ2v) is 11.6. The zero-order valence-electron chi connectivity index (χ0n) is 19.5. The van der Waals surface area contributed by atoms with Gasteiger partial charge in [0.1, 0.15) is 0 Å². The number of aromatic hydroxyl groups is 1. The van der Waals surface area contributed by atoms with E-state index in [2.05, 4.69) is 12.2 Å². The fourth-order valence-electron chi connectivity index (χ4n) is 4.86. The Kier molecular flexibility index (Phi) is 6.88. The van der Waals surface area contributed by atoms with Crippen LogP contribution in [0.15, 0.2) is 54.6 Å². The molecule has 3 aromatic carbocycles. The average molecular weight is 554 g/mol. The summed E-state index contributed by atoms with van der Waals surface area (Å²) in [5.41, 5.74) is 2.53. The summed E-state index contributed by atoms with van der Waals surface area (Å²) in [5, 5.41) is 16.3. The molecule has 4 aromatic rings. The summed E-state index contributed by atoms with van der Waals surface area (Å²) in [4.78, 5) is 27.7. The molecule has 1 aliphatic heterocycles. The van der Waals surface area contributed by atoms with Crippen molar-refractivity contribution in [3.63, 3.8) is 0 Å². The van der Waals surface area contributed by atoms with Crippen LogP contribution < -0.4 is 10.2 Å². The van der Waals surface area contributed by atoms with E-state index in [1.54, 1.807) is 11.0 Å². The Bertz CT molecular complexity index is 1430. The van der Waals surface area contributed by atoms with Gasteiger partial charge in [0.2, 0.25) is 0 Å². The standard InChI is InChI=1S/C28H27ClN2O3Se/c1-2-3-4-9-26(33)30-19-10-11-24-17(12-19)13-25(35-24)28(34)31-16-18(15-29)27-21-8-6-5-7-20(21)23(32)14-22(27)31/h5-8,10-14,18,32H,2-4,9,15-16H2,1H3,(H,30,33)/t18-/m1/s1. The summed E-state index contributed by atoms with van der Waals surface area (Å²) in [6.45, 7) is 2.61. The van der Waals surface area contributed by atoms with Crippen LogP contribution in [0.2, 0.25) is 0 Å². The number of carbonyl (C=O) groups excluding carboxylic acids is 2. The third-order valence-electron chi connectivity index (χ3n) is 6.59. The normalized spacial score (nSPS) is 15.0. The second-order valence-electron chi connectivity index (χ2n) is 9.01. The van der Waals surface area contributed by atoms with Gasteiger partial charge >= 0.3 is 216 Å². The molecule has 0 saturated carbocycles. The number of hydrogen-bond acceptors (Lipinski definition) is 3. The number of phenols is 1. The quantitative estimate of drug-likeness (QED) is 0.161. The van der Waals surface area contributed by atoms with Gasteiger partial charge in [-0.3, -0.25) is 0 Å². The molecule has 2 heterocycles. The number of nitrogens with zero attached hydrogens (tertiary/aromatic N) is 1. The molecule has 2 amide bonds. The Morgan fingerprint density at radius 1 is 1.11 bits per heavy atom. The van der Waals surface area contributed by atoms with Crippen LogP contribution in [-0.2, 0) is 4.79 Å². The van der Waals surface area contributed by atoms with Crippen molar-refractivity contribution < 1.29 is 14.7 Å². The number of anilines is 2. The van der Waals surface area contributed by atoms with Crippen LogP contribution in [0.1, 0.15) is 53.3 Å². The van der Waals surface area contributed by atoms with E-state index >= 15 is 0 Å². The van der Waals surface area contributed by atoms with Gasteiger partial charge in [0.15, 0.2) is 0 Å². The molecule has 5 nitrogen and oxygen atoms in total. The molecule has 1 aromatic heterocycles. The molecular weight excluding hydrogens is 527 g/mol. The summed E-state index contributed by atoms with van der Waals surface area (Å²) in [6.07, 6.45) is 3.54. The van der Waals surface area contributed by atoms with Crippen LogP contribution in [0.3, 0.4) is 0 Å². The van der Waals surface area contributed by atoms with Crippen LogP contribution in [0.25, 0.3) is 20.4 Å². The molecule has 7 heteroatoms. The number of rotatable bonds is 7. The SMILES string of the molecule is CCCCCC(=O)Nc1ccc2[se]c(C(=O)N3C[C@@H](CCl)c4c3cc(O)c3ccccc43)cc2c1. The Balaban J connectivity index is 1.43. The Labute approximate surface area is 215 Å². The fraction of sp³-hybridized carbons (Fsp3) is 0.286. The van der Waals surface area contributed by atoms with Crippen molar-refractivity contribution in [2.24, 2.45) is 0 Å². The van der Waals surface area contributed by atoms with Crippen LogP contribution in [-0.4, -0.2) is 43.8 Å². The summed E-state index contributed by atoms with van der Waals surface area (Å²) in [7, 11) is 0. The molecule has 0 spiro atoms. The van der Waals surface area contributed by atoms with Gasteiger partial charge in [-0.2, -0.15) is 0 Å². The van der Waals surface area contributed by atoms with Gasteiger partial charge in [-0.1, -0.05) is 0 Å². The first kappa shape index (κ1) is 23.9. The predicted octanol–water partition coefficient (Wildman–Crippen LogP) is 6.26. The van der Waals surface area contributed by atoms with E-state index in [-0.39, 0.29) is 38.0 Å². The van der Waals surface area contributed by atoms with E-state index in [0.29, 0.717) is 18.8 Å². The third kappa shape index (κ3) is 4.58. The summed E-state index contributed by atoms with van der Waals surface area (Å²) < 4.78 is 1.88. The van der Waals surface area contributed by atoms with E-state index < -0.39 is 0 Å². The Morgan fingerprint density at radius 2 is 1.91 bits per heavy atom. The maximum atomic E-state index is 13.7.